The molecule has 0 radical (unpaired) electrons. The number of halogens is 1. The van der Waals surface area contributed by atoms with Gasteiger partial charge in [0.25, 0.3) is 5.91 Å². The summed E-state index contributed by atoms with van der Waals surface area (Å²) < 4.78 is 0.778. The van der Waals surface area contributed by atoms with Crippen LogP contribution in [0.2, 0.25) is 0 Å². The molecule has 88 valence electrons. The number of aliphatic hydroxyl groups excluding tert-OH is 1. The normalized spacial score (nSPS) is 12.3. The maximum absolute atomic E-state index is 12.0. The fourth-order valence-electron chi connectivity index (χ4n) is 1.49. The number of nitrogens with zero attached hydrogens (tertiary/aromatic N) is 1. The summed E-state index contributed by atoms with van der Waals surface area (Å²) >= 11 is 3.36. The summed E-state index contributed by atoms with van der Waals surface area (Å²) in [5.41, 5.74) is 1.67. The van der Waals surface area contributed by atoms with E-state index < -0.39 is 6.10 Å². The van der Waals surface area contributed by atoms with Gasteiger partial charge >= 0.3 is 0 Å². The standard InChI is InChI=1S/C12H16BrNO2/c1-8-4-5-11(13)10(6-8)12(16)14(3)7-9(2)15/h4-6,9,15H,7H2,1-3H3. The lowest BCUT2D eigenvalue weighted by Crippen LogP contribution is -2.33. The Morgan fingerprint density at radius 2 is 2.19 bits per heavy atom. The highest BCUT2D eigenvalue weighted by molar-refractivity contribution is 9.10. The van der Waals surface area contributed by atoms with Crippen LogP contribution >= 0.6 is 15.9 Å². The van der Waals surface area contributed by atoms with Gasteiger partial charge in [0.2, 0.25) is 0 Å². The summed E-state index contributed by atoms with van der Waals surface area (Å²) in [5, 5.41) is 9.24. The Hall–Kier alpha value is -0.870. The SMILES string of the molecule is Cc1ccc(Br)c(C(=O)N(C)CC(C)O)c1. The van der Waals surface area contributed by atoms with Crippen LogP contribution in [0.1, 0.15) is 22.8 Å². The van der Waals surface area contributed by atoms with Gasteiger partial charge in [-0.3, -0.25) is 4.79 Å². The Kier molecular flexibility index (Phi) is 4.50. The summed E-state index contributed by atoms with van der Waals surface area (Å²) in [6, 6.07) is 5.64. The number of benzene rings is 1. The number of rotatable bonds is 3. The average molecular weight is 286 g/mol. The lowest BCUT2D eigenvalue weighted by molar-refractivity contribution is 0.0703. The first kappa shape index (κ1) is 13.2. The van der Waals surface area contributed by atoms with Crippen LogP contribution < -0.4 is 0 Å². The van der Waals surface area contributed by atoms with E-state index in [-0.39, 0.29) is 5.91 Å². The molecule has 1 aromatic carbocycles. The molecule has 1 unspecified atom stereocenters. The monoisotopic (exact) mass is 285 g/mol. The van der Waals surface area contributed by atoms with E-state index >= 15 is 0 Å². The van der Waals surface area contributed by atoms with Crippen molar-refractivity contribution in [2.24, 2.45) is 0 Å². The number of amides is 1. The molecular formula is C12H16BrNO2. The highest BCUT2D eigenvalue weighted by Crippen LogP contribution is 2.19. The molecule has 0 bridgehead atoms. The van der Waals surface area contributed by atoms with Gasteiger partial charge in [0.15, 0.2) is 0 Å². The largest absolute Gasteiger partial charge is 0.392 e. The number of hydrogen-bond acceptors (Lipinski definition) is 2. The summed E-state index contributed by atoms with van der Waals surface area (Å²) in [6.07, 6.45) is -0.516. The average Bonchev–Trinajstić information content (AvgIpc) is 2.19. The van der Waals surface area contributed by atoms with Crippen LogP contribution in [-0.2, 0) is 0 Å². The molecule has 0 saturated heterocycles. The predicted octanol–water partition coefficient (Wildman–Crippen LogP) is 2.21. The van der Waals surface area contributed by atoms with Crippen molar-refractivity contribution >= 4 is 21.8 Å². The maximum Gasteiger partial charge on any atom is 0.254 e. The predicted molar refractivity (Wildman–Crippen MR) is 67.5 cm³/mol. The molecule has 1 aromatic rings. The highest BCUT2D eigenvalue weighted by Gasteiger charge is 2.16. The van der Waals surface area contributed by atoms with E-state index in [0.717, 1.165) is 10.0 Å². The number of aliphatic hydroxyl groups is 1. The van der Waals surface area contributed by atoms with Crippen molar-refractivity contribution in [3.63, 3.8) is 0 Å². The minimum atomic E-state index is -0.516. The zero-order valence-electron chi connectivity index (χ0n) is 9.70. The van der Waals surface area contributed by atoms with Crippen LogP contribution in [0.15, 0.2) is 22.7 Å². The zero-order valence-corrected chi connectivity index (χ0v) is 11.3. The van der Waals surface area contributed by atoms with Crippen LogP contribution in [-0.4, -0.2) is 35.6 Å². The van der Waals surface area contributed by atoms with E-state index in [2.05, 4.69) is 15.9 Å². The van der Waals surface area contributed by atoms with Crippen molar-refractivity contribution in [2.75, 3.05) is 13.6 Å². The second kappa shape index (κ2) is 5.46. The van der Waals surface area contributed by atoms with E-state index in [1.54, 1.807) is 14.0 Å². The van der Waals surface area contributed by atoms with Crippen LogP contribution in [0.25, 0.3) is 0 Å². The van der Waals surface area contributed by atoms with Gasteiger partial charge in [-0.2, -0.15) is 0 Å². The first-order chi connectivity index (χ1) is 7.41. The Bertz CT molecular complexity index is 391. The van der Waals surface area contributed by atoms with E-state index in [0.29, 0.717) is 12.1 Å². The second-order valence-corrected chi connectivity index (χ2v) is 4.87. The van der Waals surface area contributed by atoms with Crippen molar-refractivity contribution in [3.8, 4) is 0 Å². The van der Waals surface area contributed by atoms with Gasteiger partial charge in [0, 0.05) is 18.1 Å². The van der Waals surface area contributed by atoms with Crippen LogP contribution in [0, 0.1) is 6.92 Å². The third kappa shape index (κ3) is 3.32. The second-order valence-electron chi connectivity index (χ2n) is 4.02. The van der Waals surface area contributed by atoms with E-state index in [1.807, 2.05) is 25.1 Å². The Balaban J connectivity index is 2.91. The lowest BCUT2D eigenvalue weighted by Gasteiger charge is -2.19. The van der Waals surface area contributed by atoms with Crippen molar-refractivity contribution in [2.45, 2.75) is 20.0 Å². The summed E-state index contributed by atoms with van der Waals surface area (Å²) in [5.74, 6) is -0.0866. The van der Waals surface area contributed by atoms with Gasteiger partial charge < -0.3 is 10.0 Å². The minimum absolute atomic E-state index is 0.0866. The fourth-order valence-corrected chi connectivity index (χ4v) is 1.90. The molecule has 16 heavy (non-hydrogen) atoms. The number of hydrogen-bond donors (Lipinski definition) is 1. The number of likely N-dealkylation sites (N-methyl/N-ethyl adjacent to an activating group) is 1. The first-order valence-electron chi connectivity index (χ1n) is 5.11. The molecule has 1 atom stereocenters. The lowest BCUT2D eigenvalue weighted by atomic mass is 10.1. The molecule has 0 aliphatic rings. The molecule has 0 aromatic heterocycles. The molecule has 0 saturated carbocycles. The first-order valence-corrected chi connectivity index (χ1v) is 5.90. The van der Waals surface area contributed by atoms with Gasteiger partial charge in [-0.1, -0.05) is 11.6 Å². The zero-order chi connectivity index (χ0) is 12.3. The molecule has 0 fully saturated rings. The third-order valence-electron chi connectivity index (χ3n) is 2.24. The van der Waals surface area contributed by atoms with Gasteiger partial charge in [0.05, 0.1) is 11.7 Å². The molecule has 1 rings (SSSR count). The van der Waals surface area contributed by atoms with E-state index in [9.17, 15) is 9.90 Å². The topological polar surface area (TPSA) is 40.5 Å². The maximum atomic E-state index is 12.0. The summed E-state index contributed by atoms with van der Waals surface area (Å²) in [4.78, 5) is 13.6. The highest BCUT2D eigenvalue weighted by atomic mass is 79.9. The van der Waals surface area contributed by atoms with Gasteiger partial charge in [-0.25, -0.2) is 0 Å². The smallest absolute Gasteiger partial charge is 0.254 e. The van der Waals surface area contributed by atoms with Gasteiger partial charge in [-0.05, 0) is 41.9 Å². The van der Waals surface area contributed by atoms with E-state index in [1.165, 1.54) is 4.90 Å². The molecule has 0 heterocycles. The van der Waals surface area contributed by atoms with Gasteiger partial charge in [0.1, 0.15) is 0 Å². The van der Waals surface area contributed by atoms with Crippen LogP contribution in [0.4, 0.5) is 0 Å². The molecule has 3 nitrogen and oxygen atoms in total. The molecule has 0 aliphatic carbocycles. The van der Waals surface area contributed by atoms with E-state index in [4.69, 9.17) is 0 Å². The van der Waals surface area contributed by atoms with Crippen LogP contribution in [0.5, 0.6) is 0 Å². The third-order valence-corrected chi connectivity index (χ3v) is 2.93. The molecular weight excluding hydrogens is 270 g/mol. The fraction of sp³-hybridized carbons (Fsp3) is 0.417. The number of carbonyl (C=O) groups excluding carboxylic acids is 1. The molecule has 1 amide bonds. The van der Waals surface area contributed by atoms with Crippen molar-refractivity contribution in [1.29, 1.82) is 0 Å². The Morgan fingerprint density at radius 3 is 2.75 bits per heavy atom. The molecule has 4 heteroatoms. The minimum Gasteiger partial charge on any atom is -0.392 e. The summed E-state index contributed by atoms with van der Waals surface area (Å²) in [6.45, 7) is 3.94. The number of carbonyl (C=O) groups is 1. The summed E-state index contributed by atoms with van der Waals surface area (Å²) in [7, 11) is 1.68. The Morgan fingerprint density at radius 1 is 1.56 bits per heavy atom. The molecule has 0 aliphatic heterocycles. The molecule has 1 N–H and O–H groups in total. The van der Waals surface area contributed by atoms with Crippen molar-refractivity contribution in [1.82, 2.24) is 4.90 Å². The Labute approximate surface area is 104 Å². The quantitative estimate of drug-likeness (QED) is 0.925. The van der Waals surface area contributed by atoms with Crippen molar-refractivity contribution < 1.29 is 9.90 Å². The van der Waals surface area contributed by atoms with Crippen molar-refractivity contribution in [3.05, 3.63) is 33.8 Å². The van der Waals surface area contributed by atoms with Gasteiger partial charge in [-0.15, -0.1) is 0 Å². The number of aryl methyl sites for hydroxylation is 1. The molecule has 0 spiro atoms. The van der Waals surface area contributed by atoms with Crippen LogP contribution in [0.3, 0.4) is 0 Å².